The zero-order chi connectivity index (χ0) is 22.4. The summed E-state index contributed by atoms with van der Waals surface area (Å²) < 4.78 is 0. The number of aryl methyl sites for hydroxylation is 1. The van der Waals surface area contributed by atoms with Crippen molar-refractivity contribution in [1.29, 1.82) is 0 Å². The molecule has 5 rings (SSSR count). The number of nitrogens with one attached hydrogen (secondary N) is 1. The number of hydrogen-bond acceptors (Lipinski definition) is 3. The van der Waals surface area contributed by atoms with Gasteiger partial charge in [-0.1, -0.05) is 37.3 Å². The standard InChI is InChI=1S/C27H33N3O2/c1-4-6-26(32)30-18(3)13-20-14-19(9-10-24(20)30)25(31)16-29-12-11-23-22(15-29)21-8-5-7-17(2)27(21)28-23/h5,7-10,14,18,25,28,31H,4,6,11-13,15-16H2,1-3H3/t18-,25+/m1/s1. The van der Waals surface area contributed by atoms with E-state index in [4.69, 9.17) is 0 Å². The molecular weight excluding hydrogens is 398 g/mol. The zero-order valence-electron chi connectivity index (χ0n) is 19.3. The third kappa shape index (κ3) is 3.63. The minimum atomic E-state index is -0.538. The van der Waals surface area contributed by atoms with Crippen molar-refractivity contribution in [2.45, 2.75) is 65.1 Å². The molecule has 0 fully saturated rings. The molecule has 0 saturated carbocycles. The quantitative estimate of drug-likeness (QED) is 0.618. The third-order valence-electron chi connectivity index (χ3n) is 7.17. The number of rotatable bonds is 5. The van der Waals surface area contributed by atoms with Gasteiger partial charge in [-0.05, 0) is 55.0 Å². The van der Waals surface area contributed by atoms with E-state index in [0.29, 0.717) is 13.0 Å². The number of nitrogens with zero attached hydrogens (tertiary/aromatic N) is 2. The number of amides is 1. The molecular formula is C27H33N3O2. The van der Waals surface area contributed by atoms with Crippen LogP contribution in [0.5, 0.6) is 0 Å². The Morgan fingerprint density at radius 1 is 1.28 bits per heavy atom. The summed E-state index contributed by atoms with van der Waals surface area (Å²) in [6, 6.07) is 12.8. The maximum Gasteiger partial charge on any atom is 0.227 e. The van der Waals surface area contributed by atoms with Crippen LogP contribution >= 0.6 is 0 Å². The number of β-amino-alcohol motifs (C(OH)–C–C–N with tert-alkyl or cyclic N) is 1. The molecule has 32 heavy (non-hydrogen) atoms. The lowest BCUT2D eigenvalue weighted by Crippen LogP contribution is -2.35. The second-order valence-electron chi connectivity index (χ2n) is 9.54. The summed E-state index contributed by atoms with van der Waals surface area (Å²) in [7, 11) is 0. The molecule has 0 unspecified atom stereocenters. The summed E-state index contributed by atoms with van der Waals surface area (Å²) in [4.78, 5) is 20.5. The van der Waals surface area contributed by atoms with Gasteiger partial charge < -0.3 is 15.0 Å². The van der Waals surface area contributed by atoms with E-state index in [-0.39, 0.29) is 11.9 Å². The maximum atomic E-state index is 12.6. The molecule has 2 atom stereocenters. The molecule has 2 N–H and O–H groups in total. The van der Waals surface area contributed by atoms with Crippen molar-refractivity contribution in [3.8, 4) is 0 Å². The molecule has 2 aliphatic heterocycles. The first-order valence-corrected chi connectivity index (χ1v) is 11.9. The first kappa shape index (κ1) is 21.2. The summed E-state index contributed by atoms with van der Waals surface area (Å²) >= 11 is 0. The highest BCUT2D eigenvalue weighted by Gasteiger charge is 2.31. The van der Waals surface area contributed by atoms with Gasteiger partial charge in [0.2, 0.25) is 5.91 Å². The number of aliphatic hydroxyl groups excluding tert-OH is 1. The number of aliphatic hydroxyl groups is 1. The smallest absolute Gasteiger partial charge is 0.227 e. The first-order chi connectivity index (χ1) is 15.5. The van der Waals surface area contributed by atoms with E-state index in [1.807, 2.05) is 24.0 Å². The molecule has 3 heterocycles. The van der Waals surface area contributed by atoms with Gasteiger partial charge in [-0.15, -0.1) is 0 Å². The van der Waals surface area contributed by atoms with Crippen molar-refractivity contribution in [2.24, 2.45) is 0 Å². The van der Waals surface area contributed by atoms with Crippen molar-refractivity contribution in [1.82, 2.24) is 9.88 Å². The van der Waals surface area contributed by atoms with Crippen LogP contribution in [0.3, 0.4) is 0 Å². The Hall–Kier alpha value is -2.63. The van der Waals surface area contributed by atoms with Crippen LogP contribution in [-0.4, -0.2) is 40.0 Å². The van der Waals surface area contributed by atoms with Gasteiger partial charge in [0.25, 0.3) is 0 Å². The summed E-state index contributed by atoms with van der Waals surface area (Å²) in [6.45, 7) is 8.72. The van der Waals surface area contributed by atoms with Crippen molar-refractivity contribution < 1.29 is 9.90 Å². The number of carbonyl (C=O) groups excluding carboxylic acids is 1. The van der Waals surface area contributed by atoms with Crippen LogP contribution in [0.25, 0.3) is 10.9 Å². The Balaban J connectivity index is 1.32. The predicted octanol–water partition coefficient (Wildman–Crippen LogP) is 4.65. The van der Waals surface area contributed by atoms with Crippen LogP contribution in [0, 0.1) is 6.92 Å². The predicted molar refractivity (Wildman–Crippen MR) is 129 cm³/mol. The average molecular weight is 432 g/mol. The molecule has 0 bridgehead atoms. The van der Waals surface area contributed by atoms with Crippen LogP contribution in [0.1, 0.15) is 60.7 Å². The molecule has 5 nitrogen and oxygen atoms in total. The van der Waals surface area contributed by atoms with E-state index < -0.39 is 6.10 Å². The number of aromatic nitrogens is 1. The number of carbonyl (C=O) groups is 1. The first-order valence-electron chi connectivity index (χ1n) is 11.9. The van der Waals surface area contributed by atoms with Gasteiger partial charge in [-0.2, -0.15) is 0 Å². The Morgan fingerprint density at radius 2 is 2.12 bits per heavy atom. The maximum absolute atomic E-state index is 12.6. The fourth-order valence-corrected chi connectivity index (χ4v) is 5.52. The van der Waals surface area contributed by atoms with Crippen LogP contribution < -0.4 is 4.90 Å². The van der Waals surface area contributed by atoms with Crippen LogP contribution in [0.4, 0.5) is 5.69 Å². The van der Waals surface area contributed by atoms with Gasteiger partial charge in [-0.3, -0.25) is 9.69 Å². The summed E-state index contributed by atoms with van der Waals surface area (Å²) in [5, 5.41) is 12.4. The number of hydrogen-bond donors (Lipinski definition) is 2. The Labute approximate surface area is 190 Å². The van der Waals surface area contributed by atoms with E-state index >= 15 is 0 Å². The van der Waals surface area contributed by atoms with E-state index in [0.717, 1.165) is 43.6 Å². The molecule has 3 aromatic rings. The lowest BCUT2D eigenvalue weighted by molar-refractivity contribution is -0.118. The molecule has 0 radical (unpaired) electrons. The van der Waals surface area contributed by atoms with Crippen molar-refractivity contribution in [2.75, 3.05) is 18.0 Å². The third-order valence-corrected chi connectivity index (χ3v) is 7.17. The topological polar surface area (TPSA) is 59.6 Å². The number of benzene rings is 2. The monoisotopic (exact) mass is 431 g/mol. The number of H-pyrrole nitrogens is 1. The Morgan fingerprint density at radius 3 is 2.94 bits per heavy atom. The number of aromatic amines is 1. The van der Waals surface area contributed by atoms with Crippen LogP contribution in [0.15, 0.2) is 36.4 Å². The average Bonchev–Trinajstić information content (AvgIpc) is 3.31. The van der Waals surface area contributed by atoms with Gasteiger partial charge >= 0.3 is 0 Å². The van der Waals surface area contributed by atoms with Gasteiger partial charge in [0.1, 0.15) is 0 Å². The van der Waals surface area contributed by atoms with Gasteiger partial charge in [0.05, 0.1) is 6.10 Å². The lowest BCUT2D eigenvalue weighted by atomic mass is 10.0. The minimum absolute atomic E-state index is 0.183. The van der Waals surface area contributed by atoms with Gasteiger partial charge in [0, 0.05) is 60.8 Å². The highest BCUT2D eigenvalue weighted by molar-refractivity contribution is 5.96. The lowest BCUT2D eigenvalue weighted by Gasteiger charge is -2.29. The molecule has 2 aliphatic rings. The van der Waals surface area contributed by atoms with Crippen molar-refractivity contribution in [3.63, 3.8) is 0 Å². The van der Waals surface area contributed by atoms with Gasteiger partial charge in [-0.25, -0.2) is 0 Å². The summed E-state index contributed by atoms with van der Waals surface area (Å²) in [6.07, 6.45) is 2.74. The fourth-order valence-electron chi connectivity index (χ4n) is 5.52. The van der Waals surface area contributed by atoms with E-state index in [1.165, 1.54) is 33.3 Å². The number of fused-ring (bicyclic) bond motifs is 4. The molecule has 2 aromatic carbocycles. The van der Waals surface area contributed by atoms with Crippen molar-refractivity contribution in [3.05, 3.63) is 64.3 Å². The number of para-hydroxylation sites is 1. The second-order valence-corrected chi connectivity index (χ2v) is 9.54. The van der Waals surface area contributed by atoms with Gasteiger partial charge in [0.15, 0.2) is 0 Å². The van der Waals surface area contributed by atoms with Crippen LogP contribution in [-0.2, 0) is 24.2 Å². The molecule has 0 aliphatic carbocycles. The molecule has 168 valence electrons. The highest BCUT2D eigenvalue weighted by atomic mass is 16.3. The van der Waals surface area contributed by atoms with E-state index in [1.54, 1.807) is 0 Å². The van der Waals surface area contributed by atoms with E-state index in [9.17, 15) is 9.90 Å². The largest absolute Gasteiger partial charge is 0.387 e. The zero-order valence-corrected chi connectivity index (χ0v) is 19.3. The molecule has 1 aromatic heterocycles. The number of anilines is 1. The van der Waals surface area contributed by atoms with E-state index in [2.05, 4.69) is 48.0 Å². The highest BCUT2D eigenvalue weighted by Crippen LogP contribution is 2.35. The molecule has 0 spiro atoms. The summed E-state index contributed by atoms with van der Waals surface area (Å²) in [5.74, 6) is 0.199. The second kappa shape index (κ2) is 8.38. The summed E-state index contributed by atoms with van der Waals surface area (Å²) in [5.41, 5.74) is 8.37. The Kier molecular flexibility index (Phi) is 5.56. The fraction of sp³-hybridized carbons (Fsp3) is 0.444. The molecule has 1 amide bonds. The minimum Gasteiger partial charge on any atom is -0.387 e. The normalized spacial score (nSPS) is 19.2. The SMILES string of the molecule is CCCC(=O)N1c2ccc([C@@H](O)CN3CCc4[nH]c5c(C)cccc5c4C3)cc2C[C@H]1C. The molecule has 5 heteroatoms. The molecule has 0 saturated heterocycles. The van der Waals surface area contributed by atoms with Crippen LogP contribution in [0.2, 0.25) is 0 Å². The van der Waals surface area contributed by atoms with Crippen molar-refractivity contribution >= 4 is 22.5 Å². The Bertz CT molecular complexity index is 1170.